The highest BCUT2D eigenvalue weighted by atomic mass is 35.5. The number of ether oxygens (including phenoxy) is 1. The van der Waals surface area contributed by atoms with Gasteiger partial charge in [0.15, 0.2) is 0 Å². The van der Waals surface area contributed by atoms with Gasteiger partial charge in [-0.3, -0.25) is 4.98 Å². The highest BCUT2D eigenvalue weighted by Gasteiger charge is 2.30. The summed E-state index contributed by atoms with van der Waals surface area (Å²) in [5.74, 6) is 0. The van der Waals surface area contributed by atoms with E-state index in [0.717, 1.165) is 37.9 Å². The van der Waals surface area contributed by atoms with Crippen molar-refractivity contribution in [2.45, 2.75) is 44.8 Å². The van der Waals surface area contributed by atoms with Crippen LogP contribution in [0.25, 0.3) is 0 Å². The van der Waals surface area contributed by atoms with Gasteiger partial charge in [0.1, 0.15) is 0 Å². The second-order valence-corrected chi connectivity index (χ2v) is 6.39. The average molecular weight is 303 g/mol. The molecule has 2 heterocycles. The molecule has 1 saturated heterocycles. The highest BCUT2D eigenvalue weighted by molar-refractivity contribution is 6.35. The summed E-state index contributed by atoms with van der Waals surface area (Å²) < 4.78 is 5.92. The molecule has 0 saturated carbocycles. The summed E-state index contributed by atoms with van der Waals surface area (Å²) in [6.45, 7) is 6.00. The minimum atomic E-state index is 0.0318. The highest BCUT2D eigenvalue weighted by Crippen LogP contribution is 2.28. The molecule has 1 aliphatic rings. The molecule has 1 aromatic heterocycles. The quantitative estimate of drug-likeness (QED) is 0.846. The molecule has 1 fully saturated rings. The van der Waals surface area contributed by atoms with E-state index in [0.29, 0.717) is 16.1 Å². The summed E-state index contributed by atoms with van der Waals surface area (Å²) in [6.07, 6.45) is 6.63. The molecular weight excluding hydrogens is 283 g/mol. The van der Waals surface area contributed by atoms with E-state index in [9.17, 15) is 0 Å². The van der Waals surface area contributed by atoms with Crippen LogP contribution in [0.5, 0.6) is 0 Å². The third-order valence-electron chi connectivity index (χ3n) is 3.43. The smallest absolute Gasteiger partial charge is 0.0707 e. The lowest BCUT2D eigenvalue weighted by molar-refractivity contribution is -0.0140. The van der Waals surface area contributed by atoms with Crippen LogP contribution < -0.4 is 5.32 Å². The van der Waals surface area contributed by atoms with Gasteiger partial charge in [-0.2, -0.15) is 0 Å². The van der Waals surface area contributed by atoms with E-state index in [2.05, 4.69) is 24.1 Å². The average Bonchev–Trinajstić information content (AvgIpc) is 2.67. The van der Waals surface area contributed by atoms with Crippen molar-refractivity contribution in [3.05, 3.63) is 28.0 Å². The minimum absolute atomic E-state index is 0.0318. The SMILES string of the molecule is CC1(C)CC[C@@H](CNCCc2c(Cl)cncc2Cl)O1. The molecule has 0 unspecified atom stereocenters. The van der Waals surface area contributed by atoms with Crippen LogP contribution in [0.3, 0.4) is 0 Å². The summed E-state index contributed by atoms with van der Waals surface area (Å²) >= 11 is 12.1. The van der Waals surface area contributed by atoms with Crippen LogP contribution in [0, 0.1) is 0 Å². The van der Waals surface area contributed by atoms with Crippen molar-refractivity contribution < 1.29 is 4.74 Å². The second-order valence-electron chi connectivity index (χ2n) is 5.57. The zero-order valence-corrected chi connectivity index (χ0v) is 12.9. The Morgan fingerprint density at radius 1 is 1.37 bits per heavy atom. The Morgan fingerprint density at radius 2 is 2.05 bits per heavy atom. The molecule has 19 heavy (non-hydrogen) atoms. The number of pyridine rings is 1. The van der Waals surface area contributed by atoms with E-state index in [1.807, 2.05) is 0 Å². The van der Waals surface area contributed by atoms with Crippen molar-refractivity contribution in [1.82, 2.24) is 10.3 Å². The number of nitrogens with zero attached hydrogens (tertiary/aromatic N) is 1. The van der Waals surface area contributed by atoms with E-state index in [-0.39, 0.29) is 5.60 Å². The molecule has 3 nitrogen and oxygen atoms in total. The summed E-state index contributed by atoms with van der Waals surface area (Å²) in [7, 11) is 0. The Hall–Kier alpha value is -0.350. The molecule has 1 aromatic rings. The van der Waals surface area contributed by atoms with Crippen molar-refractivity contribution in [3.63, 3.8) is 0 Å². The van der Waals surface area contributed by atoms with Crippen molar-refractivity contribution in [1.29, 1.82) is 0 Å². The maximum atomic E-state index is 6.07. The molecule has 2 rings (SSSR count). The minimum Gasteiger partial charge on any atom is -0.371 e. The molecule has 0 bridgehead atoms. The molecule has 0 spiro atoms. The number of rotatable bonds is 5. The zero-order valence-electron chi connectivity index (χ0n) is 11.4. The number of nitrogens with one attached hydrogen (secondary N) is 1. The Balaban J connectivity index is 1.73. The van der Waals surface area contributed by atoms with Crippen LogP contribution in [-0.2, 0) is 11.2 Å². The molecule has 0 radical (unpaired) electrons. The normalized spacial score (nSPS) is 21.8. The molecule has 1 aliphatic heterocycles. The lowest BCUT2D eigenvalue weighted by atomic mass is 10.1. The summed E-state index contributed by atoms with van der Waals surface area (Å²) in [4.78, 5) is 3.95. The van der Waals surface area contributed by atoms with Gasteiger partial charge in [0.25, 0.3) is 0 Å². The maximum absolute atomic E-state index is 6.07. The van der Waals surface area contributed by atoms with Gasteiger partial charge in [0.05, 0.1) is 21.8 Å². The molecule has 0 amide bonds. The van der Waals surface area contributed by atoms with Crippen LogP contribution in [0.2, 0.25) is 10.0 Å². The summed E-state index contributed by atoms with van der Waals surface area (Å²) in [5, 5.41) is 4.67. The van der Waals surface area contributed by atoms with E-state index < -0.39 is 0 Å². The first kappa shape index (κ1) is 15.0. The largest absolute Gasteiger partial charge is 0.371 e. The van der Waals surface area contributed by atoms with Gasteiger partial charge in [-0.05, 0) is 45.2 Å². The molecule has 1 atom stereocenters. The lowest BCUT2D eigenvalue weighted by Gasteiger charge is -2.19. The van der Waals surface area contributed by atoms with Gasteiger partial charge < -0.3 is 10.1 Å². The van der Waals surface area contributed by atoms with Gasteiger partial charge in [-0.1, -0.05) is 23.2 Å². The predicted octanol–water partition coefficient (Wildman–Crippen LogP) is 3.48. The van der Waals surface area contributed by atoms with Crippen LogP contribution >= 0.6 is 23.2 Å². The Morgan fingerprint density at radius 3 is 2.63 bits per heavy atom. The zero-order chi connectivity index (χ0) is 13.9. The fourth-order valence-electron chi connectivity index (χ4n) is 2.37. The van der Waals surface area contributed by atoms with Crippen molar-refractivity contribution in [3.8, 4) is 0 Å². The summed E-state index contributed by atoms with van der Waals surface area (Å²) in [5.41, 5.74) is 0.989. The van der Waals surface area contributed by atoms with E-state index in [4.69, 9.17) is 27.9 Å². The third-order valence-corrected chi connectivity index (χ3v) is 4.08. The fourth-order valence-corrected chi connectivity index (χ4v) is 2.93. The third kappa shape index (κ3) is 4.32. The first-order valence-corrected chi connectivity index (χ1v) is 7.40. The first-order valence-electron chi connectivity index (χ1n) is 6.64. The van der Waals surface area contributed by atoms with Gasteiger partial charge in [-0.25, -0.2) is 0 Å². The second kappa shape index (κ2) is 6.40. The van der Waals surface area contributed by atoms with E-state index in [1.54, 1.807) is 12.4 Å². The monoisotopic (exact) mass is 302 g/mol. The van der Waals surface area contributed by atoms with Crippen molar-refractivity contribution >= 4 is 23.2 Å². The number of hydrogen-bond donors (Lipinski definition) is 1. The van der Waals surface area contributed by atoms with Gasteiger partial charge in [0, 0.05) is 18.9 Å². The van der Waals surface area contributed by atoms with Gasteiger partial charge in [0.2, 0.25) is 0 Å². The van der Waals surface area contributed by atoms with E-state index in [1.165, 1.54) is 0 Å². The number of hydrogen-bond acceptors (Lipinski definition) is 3. The Labute approximate surface area is 124 Å². The molecule has 0 aliphatic carbocycles. The summed E-state index contributed by atoms with van der Waals surface area (Å²) in [6, 6.07) is 0. The molecule has 106 valence electrons. The van der Waals surface area contributed by atoms with E-state index >= 15 is 0 Å². The van der Waals surface area contributed by atoms with Crippen LogP contribution in [0.4, 0.5) is 0 Å². The molecule has 5 heteroatoms. The molecule has 0 aromatic carbocycles. The lowest BCUT2D eigenvalue weighted by Crippen LogP contribution is -2.30. The number of halogens is 2. The maximum Gasteiger partial charge on any atom is 0.0707 e. The molecular formula is C14H20Cl2N2O. The number of aromatic nitrogens is 1. The Kier molecular flexibility index (Phi) is 5.07. The Bertz CT molecular complexity index is 417. The fraction of sp³-hybridized carbons (Fsp3) is 0.643. The standard InChI is InChI=1S/C14H20Cl2N2O/c1-14(2)5-3-10(19-14)7-17-6-4-11-12(15)8-18-9-13(11)16/h8-10,17H,3-7H2,1-2H3/t10-/m0/s1. The topological polar surface area (TPSA) is 34.2 Å². The first-order chi connectivity index (χ1) is 8.98. The predicted molar refractivity (Wildman–Crippen MR) is 79.0 cm³/mol. The van der Waals surface area contributed by atoms with Crippen LogP contribution in [-0.4, -0.2) is 29.8 Å². The van der Waals surface area contributed by atoms with Crippen LogP contribution in [0.1, 0.15) is 32.3 Å². The van der Waals surface area contributed by atoms with Crippen LogP contribution in [0.15, 0.2) is 12.4 Å². The van der Waals surface area contributed by atoms with Crippen molar-refractivity contribution in [2.24, 2.45) is 0 Å². The van der Waals surface area contributed by atoms with Gasteiger partial charge in [-0.15, -0.1) is 0 Å². The van der Waals surface area contributed by atoms with Crippen molar-refractivity contribution in [2.75, 3.05) is 13.1 Å². The van der Waals surface area contributed by atoms with Gasteiger partial charge >= 0.3 is 0 Å². The molecule has 1 N–H and O–H groups in total.